The highest BCUT2D eigenvalue weighted by Gasteiger charge is 2.35. The molecule has 1 amide bonds. The Kier molecular flexibility index (Phi) is 3.83. The number of rotatable bonds is 4. The summed E-state index contributed by atoms with van der Waals surface area (Å²) in [5.41, 5.74) is 2.51. The number of anilines is 1. The average molecular weight is 396 g/mol. The topological polar surface area (TPSA) is 125 Å². The molecule has 1 aromatic carbocycles. The second kappa shape index (κ2) is 6.40. The second-order valence-corrected chi connectivity index (χ2v) is 7.00. The SMILES string of the molecule is CC(Nc1ncnc2nc[nH]c12)c1nc2ccc(F)cc2n1C1CN(C(=O)O)C1. The van der Waals surface area contributed by atoms with Crippen molar-refractivity contribution in [3.05, 3.63) is 42.5 Å². The van der Waals surface area contributed by atoms with E-state index in [0.717, 1.165) is 0 Å². The number of carbonyl (C=O) groups is 1. The van der Waals surface area contributed by atoms with E-state index in [1.807, 2.05) is 11.5 Å². The smallest absolute Gasteiger partial charge is 0.407 e. The first-order valence-electron chi connectivity index (χ1n) is 9.07. The number of amides is 1. The van der Waals surface area contributed by atoms with Crippen LogP contribution in [0, 0.1) is 5.82 Å². The van der Waals surface area contributed by atoms with Crippen LogP contribution in [-0.4, -0.2) is 58.7 Å². The summed E-state index contributed by atoms with van der Waals surface area (Å²) in [6.07, 6.45) is 2.00. The maximum atomic E-state index is 13.9. The first kappa shape index (κ1) is 17.3. The van der Waals surface area contributed by atoms with Gasteiger partial charge in [0, 0.05) is 13.1 Å². The van der Waals surface area contributed by atoms with Gasteiger partial charge in [-0.2, -0.15) is 0 Å². The van der Waals surface area contributed by atoms with Crippen LogP contribution >= 0.6 is 0 Å². The van der Waals surface area contributed by atoms with Gasteiger partial charge in [0.2, 0.25) is 0 Å². The molecular weight excluding hydrogens is 379 g/mol. The number of nitrogens with one attached hydrogen (secondary N) is 2. The third-order valence-electron chi connectivity index (χ3n) is 5.14. The number of nitrogens with zero attached hydrogens (tertiary/aromatic N) is 6. The monoisotopic (exact) mass is 396 g/mol. The van der Waals surface area contributed by atoms with E-state index in [0.29, 0.717) is 46.9 Å². The molecule has 4 heterocycles. The normalized spacial score (nSPS) is 15.6. The number of carboxylic acid groups (broad SMARTS) is 1. The first-order valence-corrected chi connectivity index (χ1v) is 9.07. The molecule has 5 rings (SSSR count). The third kappa shape index (κ3) is 2.82. The molecule has 0 aliphatic carbocycles. The van der Waals surface area contributed by atoms with Crippen molar-refractivity contribution in [1.29, 1.82) is 0 Å². The molecule has 10 nitrogen and oxygen atoms in total. The van der Waals surface area contributed by atoms with Gasteiger partial charge in [-0.1, -0.05) is 0 Å². The van der Waals surface area contributed by atoms with E-state index < -0.39 is 6.09 Å². The van der Waals surface area contributed by atoms with Gasteiger partial charge in [-0.3, -0.25) is 0 Å². The lowest BCUT2D eigenvalue weighted by atomic mass is 10.1. The maximum absolute atomic E-state index is 13.9. The first-order chi connectivity index (χ1) is 14.0. The lowest BCUT2D eigenvalue weighted by molar-refractivity contribution is 0.0857. The van der Waals surface area contributed by atoms with Gasteiger partial charge in [-0.15, -0.1) is 0 Å². The van der Waals surface area contributed by atoms with E-state index in [1.54, 1.807) is 12.4 Å². The van der Waals surface area contributed by atoms with E-state index in [1.165, 1.54) is 23.4 Å². The molecule has 0 saturated carbocycles. The Morgan fingerprint density at radius 1 is 1.34 bits per heavy atom. The predicted molar refractivity (Wildman–Crippen MR) is 102 cm³/mol. The molecule has 1 saturated heterocycles. The van der Waals surface area contributed by atoms with Crippen molar-refractivity contribution in [2.24, 2.45) is 0 Å². The van der Waals surface area contributed by atoms with Gasteiger partial charge in [0.05, 0.1) is 29.4 Å². The Labute approximate surface area is 163 Å². The highest BCUT2D eigenvalue weighted by molar-refractivity contribution is 5.82. The maximum Gasteiger partial charge on any atom is 0.407 e. The van der Waals surface area contributed by atoms with Gasteiger partial charge < -0.3 is 24.9 Å². The molecule has 4 aromatic rings. The minimum atomic E-state index is -0.966. The Balaban J connectivity index is 1.54. The van der Waals surface area contributed by atoms with Gasteiger partial charge in [0.25, 0.3) is 0 Å². The molecule has 148 valence electrons. The third-order valence-corrected chi connectivity index (χ3v) is 5.14. The minimum absolute atomic E-state index is 0.116. The summed E-state index contributed by atoms with van der Waals surface area (Å²) in [4.78, 5) is 32.7. The molecule has 11 heteroatoms. The van der Waals surface area contributed by atoms with Crippen molar-refractivity contribution in [2.45, 2.75) is 19.0 Å². The number of hydrogen-bond acceptors (Lipinski definition) is 6. The van der Waals surface area contributed by atoms with Gasteiger partial charge >= 0.3 is 6.09 Å². The summed E-state index contributed by atoms with van der Waals surface area (Å²) in [7, 11) is 0. The number of fused-ring (bicyclic) bond motifs is 2. The van der Waals surface area contributed by atoms with Crippen LogP contribution in [0.5, 0.6) is 0 Å². The van der Waals surface area contributed by atoms with Crippen LogP contribution in [0.2, 0.25) is 0 Å². The van der Waals surface area contributed by atoms with Crippen LogP contribution in [0.4, 0.5) is 15.0 Å². The zero-order chi connectivity index (χ0) is 20.1. The fourth-order valence-corrected chi connectivity index (χ4v) is 3.69. The van der Waals surface area contributed by atoms with Gasteiger partial charge in [0.15, 0.2) is 11.5 Å². The molecular formula is C18H17FN8O2. The number of H-pyrrole nitrogens is 1. The standard InChI is InChI=1S/C18H17FN8O2/c1-9(24-16-14-15(21-7-20-14)22-8-23-16)17-25-12-3-2-10(19)4-13(12)27(17)11-5-26(6-11)18(28)29/h2-4,7-9,11H,5-6H2,1H3,(H,28,29)(H2,20,21,22,23,24). The number of hydrogen-bond donors (Lipinski definition) is 3. The van der Waals surface area contributed by atoms with Gasteiger partial charge in [0.1, 0.15) is 23.5 Å². The number of aromatic nitrogens is 6. The highest BCUT2D eigenvalue weighted by Crippen LogP contribution is 2.32. The summed E-state index contributed by atoms with van der Waals surface area (Å²) < 4.78 is 15.8. The summed E-state index contributed by atoms with van der Waals surface area (Å²) in [6, 6.07) is 4.02. The largest absolute Gasteiger partial charge is 0.465 e. The predicted octanol–water partition coefficient (Wildman–Crippen LogP) is 2.55. The molecule has 1 atom stereocenters. The van der Waals surface area contributed by atoms with E-state index in [4.69, 9.17) is 5.11 Å². The van der Waals surface area contributed by atoms with E-state index >= 15 is 0 Å². The molecule has 1 aliphatic rings. The zero-order valence-electron chi connectivity index (χ0n) is 15.4. The van der Waals surface area contributed by atoms with Crippen molar-refractivity contribution < 1.29 is 14.3 Å². The molecule has 3 N–H and O–H groups in total. The summed E-state index contributed by atoms with van der Waals surface area (Å²) in [6.45, 7) is 2.58. The Hall–Kier alpha value is -3.76. The van der Waals surface area contributed by atoms with Gasteiger partial charge in [-0.25, -0.2) is 29.1 Å². The Bertz CT molecular complexity index is 1230. The Morgan fingerprint density at radius 3 is 2.97 bits per heavy atom. The number of likely N-dealkylation sites (tertiary alicyclic amines) is 1. The van der Waals surface area contributed by atoms with Crippen LogP contribution in [-0.2, 0) is 0 Å². The molecule has 0 bridgehead atoms. The fourth-order valence-electron chi connectivity index (χ4n) is 3.69. The van der Waals surface area contributed by atoms with Crippen LogP contribution in [0.3, 0.4) is 0 Å². The van der Waals surface area contributed by atoms with E-state index in [2.05, 4.69) is 30.2 Å². The van der Waals surface area contributed by atoms with Crippen molar-refractivity contribution in [2.75, 3.05) is 18.4 Å². The summed E-state index contributed by atoms with van der Waals surface area (Å²) in [5, 5.41) is 12.5. The summed E-state index contributed by atoms with van der Waals surface area (Å²) >= 11 is 0. The zero-order valence-corrected chi connectivity index (χ0v) is 15.4. The molecule has 0 spiro atoms. The van der Waals surface area contributed by atoms with E-state index in [-0.39, 0.29) is 17.9 Å². The lowest BCUT2D eigenvalue weighted by Crippen LogP contribution is -2.50. The summed E-state index contributed by atoms with van der Waals surface area (Å²) in [5.74, 6) is 0.882. The number of benzene rings is 1. The number of aromatic amines is 1. The number of halogens is 1. The molecule has 1 fully saturated rings. The fraction of sp³-hybridized carbons (Fsp3) is 0.278. The Morgan fingerprint density at radius 2 is 2.17 bits per heavy atom. The van der Waals surface area contributed by atoms with Crippen LogP contribution < -0.4 is 5.32 Å². The van der Waals surface area contributed by atoms with Gasteiger partial charge in [-0.05, 0) is 25.1 Å². The van der Waals surface area contributed by atoms with Crippen molar-refractivity contribution >= 4 is 34.1 Å². The van der Waals surface area contributed by atoms with Crippen molar-refractivity contribution in [1.82, 2.24) is 34.4 Å². The second-order valence-electron chi connectivity index (χ2n) is 7.00. The molecule has 0 radical (unpaired) electrons. The highest BCUT2D eigenvalue weighted by atomic mass is 19.1. The van der Waals surface area contributed by atoms with Crippen LogP contribution in [0.15, 0.2) is 30.9 Å². The van der Waals surface area contributed by atoms with Crippen molar-refractivity contribution in [3.63, 3.8) is 0 Å². The average Bonchev–Trinajstić information content (AvgIpc) is 3.26. The quantitative estimate of drug-likeness (QED) is 0.484. The molecule has 29 heavy (non-hydrogen) atoms. The van der Waals surface area contributed by atoms with E-state index in [9.17, 15) is 9.18 Å². The lowest BCUT2D eigenvalue weighted by Gasteiger charge is -2.39. The molecule has 1 aliphatic heterocycles. The minimum Gasteiger partial charge on any atom is -0.465 e. The van der Waals surface area contributed by atoms with Crippen LogP contribution in [0.1, 0.15) is 24.8 Å². The van der Waals surface area contributed by atoms with Crippen LogP contribution in [0.25, 0.3) is 22.2 Å². The van der Waals surface area contributed by atoms with Crippen molar-refractivity contribution in [3.8, 4) is 0 Å². The molecule has 1 unspecified atom stereocenters. The molecule has 3 aromatic heterocycles. The number of imidazole rings is 2.